The van der Waals surface area contributed by atoms with Crippen LogP contribution < -0.4 is 5.73 Å². The Morgan fingerprint density at radius 3 is 3.07 bits per heavy atom. The van der Waals surface area contributed by atoms with Crippen molar-refractivity contribution in [3.8, 4) is 11.3 Å². The largest absolute Gasteiger partial charge is 0.443 e. The predicted octanol–water partition coefficient (Wildman–Crippen LogP) is 1.57. The van der Waals surface area contributed by atoms with E-state index in [1.54, 1.807) is 18.6 Å². The van der Waals surface area contributed by atoms with E-state index in [2.05, 4.69) is 9.97 Å². The summed E-state index contributed by atoms with van der Waals surface area (Å²) >= 11 is 0. The lowest BCUT2D eigenvalue weighted by Crippen LogP contribution is -1.91. The first kappa shape index (κ1) is 8.05. The van der Waals surface area contributed by atoms with E-state index < -0.39 is 0 Å². The van der Waals surface area contributed by atoms with E-state index in [4.69, 9.17) is 10.2 Å². The molecule has 5 heteroatoms. The number of anilines is 1. The first-order chi connectivity index (χ1) is 7.33. The van der Waals surface area contributed by atoms with Gasteiger partial charge in [-0.1, -0.05) is 0 Å². The molecule has 0 saturated carbocycles. The lowest BCUT2D eigenvalue weighted by Gasteiger charge is -1.93. The van der Waals surface area contributed by atoms with Gasteiger partial charge in [0.2, 0.25) is 0 Å². The summed E-state index contributed by atoms with van der Waals surface area (Å²) in [4.78, 5) is 7.87. The van der Waals surface area contributed by atoms with Gasteiger partial charge in [-0.3, -0.25) is 0 Å². The molecule has 0 atom stereocenters. The zero-order valence-corrected chi connectivity index (χ0v) is 7.79. The second kappa shape index (κ2) is 2.84. The van der Waals surface area contributed by atoms with Crippen molar-refractivity contribution in [2.45, 2.75) is 0 Å². The first-order valence-electron chi connectivity index (χ1n) is 4.45. The van der Waals surface area contributed by atoms with Crippen molar-refractivity contribution >= 4 is 11.3 Å². The molecule has 0 aliphatic heterocycles. The van der Waals surface area contributed by atoms with E-state index in [1.165, 1.54) is 6.39 Å². The summed E-state index contributed by atoms with van der Waals surface area (Å²) in [5.74, 6) is 1.24. The maximum atomic E-state index is 5.59. The fourth-order valence-electron chi connectivity index (χ4n) is 1.52. The molecule has 0 aromatic carbocycles. The van der Waals surface area contributed by atoms with Crippen LogP contribution in [0.1, 0.15) is 0 Å². The average Bonchev–Trinajstić information content (AvgIpc) is 2.84. The number of hydrogen-bond acceptors (Lipinski definition) is 4. The number of rotatable bonds is 1. The predicted molar refractivity (Wildman–Crippen MR) is 55.1 cm³/mol. The number of aromatic nitrogens is 3. The van der Waals surface area contributed by atoms with Gasteiger partial charge in [0, 0.05) is 17.8 Å². The molecule has 0 unspecified atom stereocenters. The van der Waals surface area contributed by atoms with Crippen LogP contribution in [0, 0.1) is 0 Å². The Bertz CT molecular complexity index is 597. The van der Waals surface area contributed by atoms with Gasteiger partial charge in [0.15, 0.2) is 12.2 Å². The van der Waals surface area contributed by atoms with Gasteiger partial charge in [0.05, 0.1) is 11.7 Å². The van der Waals surface area contributed by atoms with Crippen LogP contribution in [0.3, 0.4) is 0 Å². The smallest absolute Gasteiger partial charge is 0.181 e. The van der Waals surface area contributed by atoms with E-state index in [9.17, 15) is 0 Å². The number of hydrogen-bond donors (Lipinski definition) is 1. The molecule has 3 aromatic heterocycles. The van der Waals surface area contributed by atoms with Gasteiger partial charge in [-0.2, -0.15) is 0 Å². The Labute approximate surface area is 85.2 Å². The molecular formula is C10H8N4O. The lowest BCUT2D eigenvalue weighted by atomic mass is 10.3. The maximum absolute atomic E-state index is 5.59. The topological polar surface area (TPSA) is 69.3 Å². The van der Waals surface area contributed by atoms with Crippen LogP contribution >= 0.6 is 0 Å². The third-order valence-electron chi connectivity index (χ3n) is 2.22. The van der Waals surface area contributed by atoms with Gasteiger partial charge in [-0.05, 0) is 6.07 Å². The van der Waals surface area contributed by atoms with Crippen molar-refractivity contribution in [1.82, 2.24) is 14.4 Å². The van der Waals surface area contributed by atoms with Crippen molar-refractivity contribution in [3.05, 3.63) is 37.2 Å². The van der Waals surface area contributed by atoms with Crippen LogP contribution in [0.25, 0.3) is 16.8 Å². The summed E-state index contributed by atoms with van der Waals surface area (Å²) in [7, 11) is 0. The number of oxazole rings is 1. The standard InChI is InChI=1S/C10H8N4O/c11-10-2-8-1-7(4-14(8)5-13-10)9-3-12-6-15-9/h1-6H,11H2. The molecule has 0 fully saturated rings. The molecule has 0 radical (unpaired) electrons. The molecule has 74 valence electrons. The molecule has 3 rings (SSSR count). The SMILES string of the molecule is Nc1cc2cc(-c3cnco3)cn2cn1. The number of fused-ring (bicyclic) bond motifs is 1. The van der Waals surface area contributed by atoms with Gasteiger partial charge < -0.3 is 14.6 Å². The summed E-state index contributed by atoms with van der Waals surface area (Å²) < 4.78 is 7.09. The molecule has 0 aliphatic rings. The minimum absolute atomic E-state index is 0.504. The molecule has 15 heavy (non-hydrogen) atoms. The number of nitrogen functional groups attached to an aromatic ring is 1. The van der Waals surface area contributed by atoms with Crippen LogP contribution in [0.5, 0.6) is 0 Å². The van der Waals surface area contributed by atoms with Gasteiger partial charge >= 0.3 is 0 Å². The van der Waals surface area contributed by atoms with Gasteiger partial charge in [-0.25, -0.2) is 9.97 Å². The number of nitrogens with zero attached hydrogens (tertiary/aromatic N) is 3. The number of nitrogens with two attached hydrogens (primary N) is 1. The Hall–Kier alpha value is -2.30. The Kier molecular flexibility index (Phi) is 1.53. The minimum atomic E-state index is 0.504. The molecule has 0 saturated heterocycles. The van der Waals surface area contributed by atoms with Crippen LogP contribution in [-0.2, 0) is 0 Å². The zero-order valence-electron chi connectivity index (χ0n) is 7.79. The van der Waals surface area contributed by atoms with E-state index in [0.29, 0.717) is 5.82 Å². The minimum Gasteiger partial charge on any atom is -0.443 e. The molecule has 0 amide bonds. The molecule has 0 bridgehead atoms. The van der Waals surface area contributed by atoms with Crippen molar-refractivity contribution in [2.75, 3.05) is 5.73 Å². The molecular weight excluding hydrogens is 192 g/mol. The Balaban J connectivity index is 2.22. The zero-order chi connectivity index (χ0) is 10.3. The second-order valence-electron chi connectivity index (χ2n) is 3.24. The Morgan fingerprint density at radius 1 is 1.33 bits per heavy atom. The lowest BCUT2D eigenvalue weighted by molar-refractivity contribution is 0.572. The van der Waals surface area contributed by atoms with Gasteiger partial charge in [-0.15, -0.1) is 0 Å². The van der Waals surface area contributed by atoms with E-state index in [0.717, 1.165) is 16.8 Å². The second-order valence-corrected chi connectivity index (χ2v) is 3.24. The molecule has 3 aromatic rings. The maximum Gasteiger partial charge on any atom is 0.181 e. The highest BCUT2D eigenvalue weighted by molar-refractivity contribution is 5.67. The van der Waals surface area contributed by atoms with Crippen LogP contribution in [0.4, 0.5) is 5.82 Å². The van der Waals surface area contributed by atoms with Crippen molar-refractivity contribution in [2.24, 2.45) is 0 Å². The average molecular weight is 200 g/mol. The molecule has 2 N–H and O–H groups in total. The first-order valence-corrected chi connectivity index (χ1v) is 4.45. The van der Waals surface area contributed by atoms with E-state index in [1.807, 2.05) is 16.7 Å². The molecule has 0 spiro atoms. The summed E-state index contributed by atoms with van der Waals surface area (Å²) in [5, 5.41) is 0. The highest BCUT2D eigenvalue weighted by Gasteiger charge is 2.05. The fraction of sp³-hybridized carbons (Fsp3) is 0. The third-order valence-corrected chi connectivity index (χ3v) is 2.22. The summed E-state index contributed by atoms with van der Waals surface area (Å²) in [6, 6.07) is 3.78. The normalized spacial score (nSPS) is 10.9. The Morgan fingerprint density at radius 2 is 2.27 bits per heavy atom. The van der Waals surface area contributed by atoms with E-state index >= 15 is 0 Å². The highest BCUT2D eigenvalue weighted by Crippen LogP contribution is 2.22. The fourth-order valence-corrected chi connectivity index (χ4v) is 1.52. The van der Waals surface area contributed by atoms with Crippen LogP contribution in [-0.4, -0.2) is 14.4 Å². The monoisotopic (exact) mass is 200 g/mol. The third kappa shape index (κ3) is 1.25. The summed E-state index contributed by atoms with van der Waals surface area (Å²) in [5.41, 5.74) is 7.53. The summed E-state index contributed by atoms with van der Waals surface area (Å²) in [6.07, 6.45) is 6.67. The van der Waals surface area contributed by atoms with Crippen molar-refractivity contribution < 1.29 is 4.42 Å². The molecule has 3 heterocycles. The van der Waals surface area contributed by atoms with Crippen LogP contribution in [0.15, 0.2) is 41.7 Å². The molecule has 5 nitrogen and oxygen atoms in total. The highest BCUT2D eigenvalue weighted by atomic mass is 16.3. The van der Waals surface area contributed by atoms with Gasteiger partial charge in [0.1, 0.15) is 12.1 Å². The quantitative estimate of drug-likeness (QED) is 0.647. The van der Waals surface area contributed by atoms with Gasteiger partial charge in [0.25, 0.3) is 0 Å². The molecule has 0 aliphatic carbocycles. The van der Waals surface area contributed by atoms with Crippen LogP contribution in [0.2, 0.25) is 0 Å². The van der Waals surface area contributed by atoms with Crippen molar-refractivity contribution in [1.29, 1.82) is 0 Å². The van der Waals surface area contributed by atoms with Crippen molar-refractivity contribution in [3.63, 3.8) is 0 Å². The van der Waals surface area contributed by atoms with E-state index in [-0.39, 0.29) is 0 Å². The summed E-state index contributed by atoms with van der Waals surface area (Å²) in [6.45, 7) is 0.